The van der Waals surface area contributed by atoms with Gasteiger partial charge in [0.2, 0.25) is 0 Å². The highest BCUT2D eigenvalue weighted by atomic mass is 14.8. The SMILES string of the molecule is CCC1C2CCC23CC(C)(C)CCCC13C. The van der Waals surface area contributed by atoms with Crippen LogP contribution in [0, 0.1) is 28.1 Å². The summed E-state index contributed by atoms with van der Waals surface area (Å²) in [6.07, 6.45) is 10.5. The Bertz CT molecular complexity index is 303. The fourth-order valence-electron chi connectivity index (χ4n) is 6.14. The Labute approximate surface area is 101 Å². The normalized spacial score (nSPS) is 54.0. The van der Waals surface area contributed by atoms with Gasteiger partial charge in [0.15, 0.2) is 0 Å². The fraction of sp³-hybridized carbons (Fsp3) is 1.00. The average Bonchev–Trinajstić information content (AvgIpc) is 2.28. The molecule has 0 aliphatic heterocycles. The first-order valence-corrected chi connectivity index (χ1v) is 7.45. The third-order valence-corrected chi connectivity index (χ3v) is 6.84. The smallest absolute Gasteiger partial charge is 0.0205 e. The van der Waals surface area contributed by atoms with Gasteiger partial charge in [0.05, 0.1) is 0 Å². The molecule has 0 aromatic carbocycles. The first-order valence-electron chi connectivity index (χ1n) is 7.45. The standard InChI is InChI=1S/C16H28/c1-5-12-13-7-10-16(13)11-14(2,3)8-6-9-15(12,16)4/h12-13H,5-11H2,1-4H3. The monoisotopic (exact) mass is 220 g/mol. The van der Waals surface area contributed by atoms with Crippen molar-refractivity contribution >= 4 is 0 Å². The van der Waals surface area contributed by atoms with Crippen molar-refractivity contribution in [1.82, 2.24) is 0 Å². The van der Waals surface area contributed by atoms with E-state index in [9.17, 15) is 0 Å². The molecule has 0 aromatic heterocycles. The van der Waals surface area contributed by atoms with Crippen molar-refractivity contribution in [3.8, 4) is 0 Å². The average molecular weight is 220 g/mol. The summed E-state index contributed by atoms with van der Waals surface area (Å²) in [6, 6.07) is 0. The second kappa shape index (κ2) is 3.06. The van der Waals surface area contributed by atoms with E-state index in [1.165, 1.54) is 32.1 Å². The highest BCUT2D eigenvalue weighted by molar-refractivity contribution is 5.21. The van der Waals surface area contributed by atoms with Crippen molar-refractivity contribution in [2.45, 2.75) is 72.6 Å². The van der Waals surface area contributed by atoms with Crippen LogP contribution in [0.2, 0.25) is 0 Å². The molecule has 3 rings (SSSR count). The Morgan fingerprint density at radius 2 is 1.81 bits per heavy atom. The molecule has 3 fully saturated rings. The van der Waals surface area contributed by atoms with Crippen molar-refractivity contribution in [2.75, 3.05) is 0 Å². The maximum Gasteiger partial charge on any atom is -0.0205 e. The lowest BCUT2D eigenvalue weighted by molar-refractivity contribution is -0.276. The minimum atomic E-state index is 0.620. The molecule has 92 valence electrons. The molecule has 0 N–H and O–H groups in total. The van der Waals surface area contributed by atoms with Gasteiger partial charge in [-0.15, -0.1) is 0 Å². The molecule has 0 heterocycles. The molecule has 0 nitrogen and oxygen atoms in total. The van der Waals surface area contributed by atoms with Crippen LogP contribution in [0.1, 0.15) is 72.6 Å². The second-order valence-electron chi connectivity index (χ2n) is 7.93. The molecule has 0 amide bonds. The molecule has 3 aliphatic carbocycles. The minimum Gasteiger partial charge on any atom is -0.0651 e. The Balaban J connectivity index is 1.93. The van der Waals surface area contributed by atoms with Gasteiger partial charge >= 0.3 is 0 Å². The van der Waals surface area contributed by atoms with Gasteiger partial charge < -0.3 is 0 Å². The molecule has 0 bridgehead atoms. The van der Waals surface area contributed by atoms with E-state index < -0.39 is 0 Å². The van der Waals surface area contributed by atoms with Gasteiger partial charge in [-0.05, 0) is 60.2 Å². The van der Waals surface area contributed by atoms with Crippen molar-refractivity contribution in [2.24, 2.45) is 28.1 Å². The topological polar surface area (TPSA) is 0 Å². The van der Waals surface area contributed by atoms with Crippen LogP contribution in [0.25, 0.3) is 0 Å². The molecular formula is C16H28. The summed E-state index contributed by atoms with van der Waals surface area (Å²) in [5.41, 5.74) is 2.13. The molecular weight excluding hydrogens is 192 g/mol. The predicted molar refractivity (Wildman–Crippen MR) is 69.3 cm³/mol. The van der Waals surface area contributed by atoms with Crippen LogP contribution in [0.5, 0.6) is 0 Å². The zero-order chi connectivity index (χ0) is 11.6. The Morgan fingerprint density at radius 3 is 2.38 bits per heavy atom. The van der Waals surface area contributed by atoms with Crippen LogP contribution in [0.4, 0.5) is 0 Å². The summed E-state index contributed by atoms with van der Waals surface area (Å²) < 4.78 is 0. The zero-order valence-corrected chi connectivity index (χ0v) is 11.6. The summed E-state index contributed by atoms with van der Waals surface area (Å²) >= 11 is 0. The Kier molecular flexibility index (Phi) is 2.12. The zero-order valence-electron chi connectivity index (χ0n) is 11.6. The fourth-order valence-corrected chi connectivity index (χ4v) is 6.14. The minimum absolute atomic E-state index is 0.620. The first-order chi connectivity index (χ1) is 7.45. The highest BCUT2D eigenvalue weighted by Crippen LogP contribution is 2.80. The highest BCUT2D eigenvalue weighted by Gasteiger charge is 2.72. The van der Waals surface area contributed by atoms with E-state index in [0.717, 1.165) is 22.7 Å². The van der Waals surface area contributed by atoms with E-state index in [1.54, 1.807) is 12.8 Å². The lowest BCUT2D eigenvalue weighted by Crippen LogP contribution is -2.69. The Hall–Kier alpha value is 0. The molecule has 0 heteroatoms. The van der Waals surface area contributed by atoms with E-state index >= 15 is 0 Å². The van der Waals surface area contributed by atoms with Gasteiger partial charge in [-0.2, -0.15) is 0 Å². The summed E-state index contributed by atoms with van der Waals surface area (Å²) in [4.78, 5) is 0. The summed E-state index contributed by atoms with van der Waals surface area (Å²) in [6.45, 7) is 10.1. The molecule has 0 aromatic rings. The maximum absolute atomic E-state index is 2.64. The van der Waals surface area contributed by atoms with Gasteiger partial charge in [0.1, 0.15) is 0 Å². The van der Waals surface area contributed by atoms with Crippen molar-refractivity contribution in [3.05, 3.63) is 0 Å². The summed E-state index contributed by atoms with van der Waals surface area (Å²) in [5, 5.41) is 0. The molecule has 0 radical (unpaired) electrons. The van der Waals surface area contributed by atoms with E-state index in [2.05, 4.69) is 27.7 Å². The molecule has 3 aliphatic rings. The van der Waals surface area contributed by atoms with E-state index in [1.807, 2.05) is 0 Å². The first kappa shape index (κ1) is 11.1. The molecule has 4 atom stereocenters. The van der Waals surface area contributed by atoms with Crippen LogP contribution >= 0.6 is 0 Å². The molecule has 3 saturated carbocycles. The third-order valence-electron chi connectivity index (χ3n) is 6.84. The number of hydrogen-bond donors (Lipinski definition) is 0. The Morgan fingerprint density at radius 1 is 1.06 bits per heavy atom. The quantitative estimate of drug-likeness (QED) is 0.581. The van der Waals surface area contributed by atoms with Gasteiger partial charge in [0.25, 0.3) is 0 Å². The lowest BCUT2D eigenvalue weighted by atomic mass is 9.28. The summed E-state index contributed by atoms with van der Waals surface area (Å²) in [5.74, 6) is 2.18. The van der Waals surface area contributed by atoms with Crippen molar-refractivity contribution in [3.63, 3.8) is 0 Å². The van der Waals surface area contributed by atoms with E-state index in [0.29, 0.717) is 5.41 Å². The second-order valence-corrected chi connectivity index (χ2v) is 7.93. The van der Waals surface area contributed by atoms with E-state index in [-0.39, 0.29) is 0 Å². The van der Waals surface area contributed by atoms with Gasteiger partial charge in [0, 0.05) is 0 Å². The number of rotatable bonds is 1. The largest absolute Gasteiger partial charge is 0.0651 e. The van der Waals surface area contributed by atoms with E-state index in [4.69, 9.17) is 0 Å². The molecule has 0 saturated heterocycles. The van der Waals surface area contributed by atoms with Gasteiger partial charge in [-0.25, -0.2) is 0 Å². The van der Waals surface area contributed by atoms with Gasteiger partial charge in [-0.3, -0.25) is 0 Å². The molecule has 16 heavy (non-hydrogen) atoms. The van der Waals surface area contributed by atoms with Crippen LogP contribution < -0.4 is 0 Å². The third kappa shape index (κ3) is 1.07. The number of hydrogen-bond acceptors (Lipinski definition) is 0. The van der Waals surface area contributed by atoms with Gasteiger partial charge in [-0.1, -0.05) is 40.5 Å². The summed E-state index contributed by atoms with van der Waals surface area (Å²) in [7, 11) is 0. The van der Waals surface area contributed by atoms with Crippen LogP contribution in [0.3, 0.4) is 0 Å². The maximum atomic E-state index is 2.64. The molecule has 4 unspecified atom stereocenters. The molecule has 1 spiro atoms. The predicted octanol–water partition coefficient (Wildman–Crippen LogP) is 5.03. The lowest BCUT2D eigenvalue weighted by Gasteiger charge is -2.76. The van der Waals surface area contributed by atoms with Crippen LogP contribution in [0.15, 0.2) is 0 Å². The van der Waals surface area contributed by atoms with Crippen molar-refractivity contribution < 1.29 is 0 Å². The van der Waals surface area contributed by atoms with Crippen LogP contribution in [-0.4, -0.2) is 0 Å². The van der Waals surface area contributed by atoms with Crippen LogP contribution in [-0.2, 0) is 0 Å². The van der Waals surface area contributed by atoms with Crippen molar-refractivity contribution in [1.29, 1.82) is 0 Å².